The highest BCUT2D eigenvalue weighted by atomic mass is 16.5. The number of amides is 1. The molecule has 1 aliphatic heterocycles. The van der Waals surface area contributed by atoms with Gasteiger partial charge >= 0.3 is 0 Å². The van der Waals surface area contributed by atoms with E-state index in [0.29, 0.717) is 18.8 Å². The van der Waals surface area contributed by atoms with Crippen LogP contribution in [0.3, 0.4) is 0 Å². The van der Waals surface area contributed by atoms with Gasteiger partial charge in [-0.05, 0) is 6.54 Å². The molecule has 20 heavy (non-hydrogen) atoms. The van der Waals surface area contributed by atoms with Crippen molar-refractivity contribution < 1.29 is 9.32 Å². The Morgan fingerprint density at radius 1 is 1.55 bits per heavy atom. The van der Waals surface area contributed by atoms with Crippen molar-refractivity contribution in [3.8, 4) is 0 Å². The lowest BCUT2D eigenvalue weighted by Crippen LogP contribution is -2.50. The van der Waals surface area contributed by atoms with Gasteiger partial charge in [0.2, 0.25) is 0 Å². The lowest BCUT2D eigenvalue weighted by Gasteiger charge is -2.39. The van der Waals surface area contributed by atoms with Gasteiger partial charge in [-0.25, -0.2) is 4.98 Å². The molecular weight excluding hydrogens is 258 g/mol. The van der Waals surface area contributed by atoms with Crippen molar-refractivity contribution in [3.63, 3.8) is 0 Å². The number of hydrogen-bond acceptors (Lipinski definition) is 5. The normalized spacial score (nSPS) is 20.2. The molecule has 1 atom stereocenters. The zero-order valence-electron chi connectivity index (χ0n) is 11.3. The molecule has 0 bridgehead atoms. The summed E-state index contributed by atoms with van der Waals surface area (Å²) in [5.41, 5.74) is 0.355. The van der Waals surface area contributed by atoms with Crippen molar-refractivity contribution in [2.75, 3.05) is 26.2 Å². The van der Waals surface area contributed by atoms with Gasteiger partial charge < -0.3 is 14.4 Å². The molecule has 1 fully saturated rings. The minimum absolute atomic E-state index is 0.0916. The summed E-state index contributed by atoms with van der Waals surface area (Å²) in [7, 11) is 0. The van der Waals surface area contributed by atoms with Gasteiger partial charge in [-0.2, -0.15) is 0 Å². The predicted molar refractivity (Wildman–Crippen MR) is 71.0 cm³/mol. The number of nitrogens with zero attached hydrogens (tertiary/aromatic N) is 4. The number of H-pyrrole nitrogens is 1. The summed E-state index contributed by atoms with van der Waals surface area (Å²) >= 11 is 0. The van der Waals surface area contributed by atoms with E-state index in [2.05, 4.69) is 26.9 Å². The number of imidazole rings is 1. The molecule has 7 nitrogen and oxygen atoms in total. The van der Waals surface area contributed by atoms with Gasteiger partial charge in [-0.1, -0.05) is 12.1 Å². The molecule has 3 heterocycles. The van der Waals surface area contributed by atoms with Crippen LogP contribution in [-0.4, -0.2) is 57.0 Å². The maximum absolute atomic E-state index is 12.3. The number of likely N-dealkylation sites (N-methyl/N-ethyl adjacent to an activating group) is 1. The second kappa shape index (κ2) is 5.46. The first-order valence-corrected chi connectivity index (χ1v) is 6.72. The number of rotatable bonds is 3. The molecule has 0 aliphatic carbocycles. The SMILES string of the molecule is CCN1CCN(C(=O)c2ccon2)C[C@H]1c1ncc[nH]1. The first kappa shape index (κ1) is 12.9. The van der Waals surface area contributed by atoms with Crippen LogP contribution in [0.2, 0.25) is 0 Å². The third kappa shape index (κ3) is 2.32. The highest BCUT2D eigenvalue weighted by molar-refractivity contribution is 5.92. The first-order valence-electron chi connectivity index (χ1n) is 6.72. The van der Waals surface area contributed by atoms with Crippen LogP contribution in [-0.2, 0) is 0 Å². The van der Waals surface area contributed by atoms with E-state index in [0.717, 1.165) is 18.9 Å². The van der Waals surface area contributed by atoms with Crippen LogP contribution in [0.15, 0.2) is 29.2 Å². The Hall–Kier alpha value is -2.15. The lowest BCUT2D eigenvalue weighted by molar-refractivity contribution is 0.0471. The Morgan fingerprint density at radius 2 is 2.45 bits per heavy atom. The molecule has 7 heteroatoms. The summed E-state index contributed by atoms with van der Waals surface area (Å²) in [6.07, 6.45) is 4.96. The Balaban J connectivity index is 1.78. The van der Waals surface area contributed by atoms with E-state index in [9.17, 15) is 4.79 Å². The average molecular weight is 275 g/mol. The van der Waals surface area contributed by atoms with Crippen molar-refractivity contribution in [1.82, 2.24) is 24.9 Å². The van der Waals surface area contributed by atoms with E-state index in [1.165, 1.54) is 6.26 Å². The summed E-state index contributed by atoms with van der Waals surface area (Å²) in [6, 6.07) is 1.69. The van der Waals surface area contributed by atoms with Crippen LogP contribution < -0.4 is 0 Å². The molecule has 2 aromatic heterocycles. The second-order valence-corrected chi connectivity index (χ2v) is 4.75. The fourth-order valence-electron chi connectivity index (χ4n) is 2.59. The molecule has 0 aromatic carbocycles. The molecule has 0 saturated carbocycles. The number of carbonyl (C=O) groups is 1. The van der Waals surface area contributed by atoms with E-state index in [-0.39, 0.29) is 11.9 Å². The van der Waals surface area contributed by atoms with Gasteiger partial charge in [0.05, 0.1) is 6.04 Å². The standard InChI is InChI=1S/C13H17N5O2/c1-2-17-6-7-18(13(19)10-3-8-20-16-10)9-11(17)12-14-4-5-15-12/h3-5,8,11H,2,6-7,9H2,1H3,(H,14,15)/t11-/m0/s1. The van der Waals surface area contributed by atoms with Crippen LogP contribution in [0.1, 0.15) is 29.3 Å². The Morgan fingerprint density at radius 3 is 3.10 bits per heavy atom. The van der Waals surface area contributed by atoms with Gasteiger partial charge in [0.1, 0.15) is 12.1 Å². The van der Waals surface area contributed by atoms with E-state index in [1.54, 1.807) is 17.2 Å². The summed E-state index contributed by atoms with van der Waals surface area (Å²) in [6.45, 7) is 5.16. The molecule has 1 N–H and O–H groups in total. The zero-order valence-corrected chi connectivity index (χ0v) is 11.3. The van der Waals surface area contributed by atoms with Crippen molar-refractivity contribution in [1.29, 1.82) is 0 Å². The first-order chi connectivity index (χ1) is 9.79. The Kier molecular flexibility index (Phi) is 3.51. The highest BCUT2D eigenvalue weighted by Crippen LogP contribution is 2.23. The molecule has 0 radical (unpaired) electrons. The third-order valence-corrected chi connectivity index (χ3v) is 3.68. The largest absolute Gasteiger partial charge is 0.364 e. The Labute approximate surface area is 116 Å². The molecule has 0 unspecified atom stereocenters. The van der Waals surface area contributed by atoms with Crippen molar-refractivity contribution >= 4 is 5.91 Å². The number of hydrogen-bond donors (Lipinski definition) is 1. The monoisotopic (exact) mass is 275 g/mol. The van der Waals surface area contributed by atoms with Crippen molar-refractivity contribution in [2.45, 2.75) is 13.0 Å². The zero-order chi connectivity index (χ0) is 13.9. The second-order valence-electron chi connectivity index (χ2n) is 4.75. The van der Waals surface area contributed by atoms with Crippen molar-refractivity contribution in [3.05, 3.63) is 36.2 Å². The third-order valence-electron chi connectivity index (χ3n) is 3.68. The van der Waals surface area contributed by atoms with Crippen molar-refractivity contribution in [2.24, 2.45) is 0 Å². The summed E-state index contributed by atoms with van der Waals surface area (Å²) in [4.78, 5) is 23.9. The molecule has 1 saturated heterocycles. The predicted octanol–water partition coefficient (Wildman–Crippen LogP) is 0.917. The van der Waals surface area contributed by atoms with Gasteiger partial charge in [0.15, 0.2) is 5.69 Å². The molecule has 0 spiro atoms. The van der Waals surface area contributed by atoms with E-state index in [4.69, 9.17) is 4.52 Å². The summed E-state index contributed by atoms with van der Waals surface area (Å²) in [5, 5.41) is 3.72. The number of carbonyl (C=O) groups excluding carboxylic acids is 1. The minimum atomic E-state index is -0.0916. The number of nitrogens with one attached hydrogen (secondary N) is 1. The Bertz CT molecular complexity index is 551. The number of piperazine rings is 1. The van der Waals surface area contributed by atoms with Crippen LogP contribution in [0.5, 0.6) is 0 Å². The topological polar surface area (TPSA) is 78.3 Å². The average Bonchev–Trinajstić information content (AvgIpc) is 3.18. The van der Waals surface area contributed by atoms with Gasteiger partial charge in [-0.3, -0.25) is 9.69 Å². The van der Waals surface area contributed by atoms with E-state index >= 15 is 0 Å². The molecule has 106 valence electrons. The highest BCUT2D eigenvalue weighted by Gasteiger charge is 2.32. The fraction of sp³-hybridized carbons (Fsp3) is 0.462. The molecule has 2 aromatic rings. The van der Waals surface area contributed by atoms with Crippen LogP contribution in [0.25, 0.3) is 0 Å². The molecule has 1 aliphatic rings. The smallest absolute Gasteiger partial charge is 0.276 e. The van der Waals surface area contributed by atoms with Crippen LogP contribution in [0, 0.1) is 0 Å². The fourth-order valence-corrected chi connectivity index (χ4v) is 2.59. The van der Waals surface area contributed by atoms with E-state index in [1.807, 2.05) is 6.20 Å². The summed E-state index contributed by atoms with van der Waals surface area (Å²) < 4.78 is 4.74. The van der Waals surface area contributed by atoms with Crippen LogP contribution >= 0.6 is 0 Å². The van der Waals surface area contributed by atoms with E-state index < -0.39 is 0 Å². The molecule has 3 rings (SSSR count). The molecular formula is C13H17N5O2. The lowest BCUT2D eigenvalue weighted by atomic mass is 10.1. The maximum Gasteiger partial charge on any atom is 0.276 e. The minimum Gasteiger partial charge on any atom is -0.364 e. The number of aromatic amines is 1. The number of aromatic nitrogens is 3. The van der Waals surface area contributed by atoms with Crippen LogP contribution in [0.4, 0.5) is 0 Å². The van der Waals surface area contributed by atoms with Gasteiger partial charge in [0.25, 0.3) is 5.91 Å². The van der Waals surface area contributed by atoms with Gasteiger partial charge in [0, 0.05) is 38.1 Å². The summed E-state index contributed by atoms with van der Waals surface area (Å²) in [5.74, 6) is 0.801. The maximum atomic E-state index is 12.3. The van der Waals surface area contributed by atoms with Gasteiger partial charge in [-0.15, -0.1) is 0 Å². The quantitative estimate of drug-likeness (QED) is 0.901. The molecule has 1 amide bonds.